The minimum Gasteiger partial charge on any atom is -0.326 e. The van der Waals surface area contributed by atoms with E-state index in [0.717, 1.165) is 30.3 Å². The lowest BCUT2D eigenvalue weighted by atomic mass is 10.2. The van der Waals surface area contributed by atoms with Gasteiger partial charge in [0.15, 0.2) is 0 Å². The number of isocyanates is 1. The maximum atomic E-state index is 10.5. The SMILES string of the molecule is CCCCC#CC#CC(CCN=C=O)n1c2ccccc2c2ccccc21. The molecule has 0 amide bonds. The highest BCUT2D eigenvalue weighted by Crippen LogP contribution is 2.32. The van der Waals surface area contributed by atoms with Crippen LogP contribution in [0.5, 0.6) is 0 Å². The van der Waals surface area contributed by atoms with Gasteiger partial charge in [-0.15, -0.1) is 0 Å². The minimum absolute atomic E-state index is 0.104. The first-order valence-corrected chi connectivity index (χ1v) is 9.36. The molecule has 3 heteroatoms. The van der Waals surface area contributed by atoms with Crippen LogP contribution in [-0.4, -0.2) is 17.2 Å². The first-order valence-electron chi connectivity index (χ1n) is 9.36. The summed E-state index contributed by atoms with van der Waals surface area (Å²) < 4.78 is 2.24. The molecule has 3 aromatic rings. The third-order valence-corrected chi connectivity index (χ3v) is 4.55. The largest absolute Gasteiger partial charge is 0.326 e. The molecule has 134 valence electrons. The van der Waals surface area contributed by atoms with E-state index in [1.54, 1.807) is 6.08 Å². The fourth-order valence-corrected chi connectivity index (χ4v) is 3.28. The summed E-state index contributed by atoms with van der Waals surface area (Å²) >= 11 is 0. The summed E-state index contributed by atoms with van der Waals surface area (Å²) in [5.41, 5.74) is 2.26. The fraction of sp³-hybridized carbons (Fsp3) is 0.292. The van der Waals surface area contributed by atoms with E-state index in [-0.39, 0.29) is 6.04 Å². The summed E-state index contributed by atoms with van der Waals surface area (Å²) in [5, 5.41) is 2.40. The molecule has 3 rings (SSSR count). The van der Waals surface area contributed by atoms with Gasteiger partial charge in [-0.1, -0.05) is 61.6 Å². The van der Waals surface area contributed by atoms with Gasteiger partial charge in [0.25, 0.3) is 0 Å². The Kier molecular flexibility index (Phi) is 6.48. The number of hydrogen-bond donors (Lipinski definition) is 0. The monoisotopic (exact) mass is 354 g/mol. The van der Waals surface area contributed by atoms with Crippen LogP contribution in [0.3, 0.4) is 0 Å². The van der Waals surface area contributed by atoms with E-state index in [9.17, 15) is 4.79 Å². The van der Waals surface area contributed by atoms with Crippen molar-refractivity contribution in [2.45, 2.75) is 38.6 Å². The molecule has 0 radical (unpaired) electrons. The van der Waals surface area contributed by atoms with Gasteiger partial charge in [-0.2, -0.15) is 0 Å². The van der Waals surface area contributed by atoms with Crippen molar-refractivity contribution in [3.8, 4) is 23.7 Å². The van der Waals surface area contributed by atoms with Crippen molar-refractivity contribution in [2.24, 2.45) is 4.99 Å². The van der Waals surface area contributed by atoms with Crippen molar-refractivity contribution in [3.63, 3.8) is 0 Å². The van der Waals surface area contributed by atoms with E-state index >= 15 is 0 Å². The van der Waals surface area contributed by atoms with Gasteiger partial charge in [-0.05, 0) is 36.8 Å². The van der Waals surface area contributed by atoms with Crippen LogP contribution in [0.2, 0.25) is 0 Å². The molecule has 0 fully saturated rings. The molecule has 0 saturated carbocycles. The topological polar surface area (TPSA) is 34.4 Å². The van der Waals surface area contributed by atoms with Crippen LogP contribution in [0.15, 0.2) is 53.5 Å². The second-order valence-electron chi connectivity index (χ2n) is 6.36. The van der Waals surface area contributed by atoms with E-state index in [4.69, 9.17) is 0 Å². The number of aromatic nitrogens is 1. The van der Waals surface area contributed by atoms with Crippen molar-refractivity contribution in [2.75, 3.05) is 6.54 Å². The van der Waals surface area contributed by atoms with Crippen molar-refractivity contribution in [1.29, 1.82) is 0 Å². The van der Waals surface area contributed by atoms with Crippen LogP contribution < -0.4 is 0 Å². The Balaban J connectivity index is 2.06. The van der Waals surface area contributed by atoms with E-state index in [0.29, 0.717) is 13.0 Å². The van der Waals surface area contributed by atoms with Gasteiger partial charge in [-0.25, -0.2) is 9.79 Å². The third-order valence-electron chi connectivity index (χ3n) is 4.55. The molecule has 1 unspecified atom stereocenters. The Morgan fingerprint density at radius 1 is 1.00 bits per heavy atom. The quantitative estimate of drug-likeness (QED) is 0.257. The van der Waals surface area contributed by atoms with Gasteiger partial charge in [0.05, 0.1) is 23.6 Å². The number of nitrogens with zero attached hydrogens (tertiary/aromatic N) is 2. The highest BCUT2D eigenvalue weighted by molar-refractivity contribution is 6.08. The average Bonchev–Trinajstić information content (AvgIpc) is 3.04. The third kappa shape index (κ3) is 4.29. The number of benzene rings is 2. The summed E-state index contributed by atoms with van der Waals surface area (Å²) in [6.07, 6.45) is 5.37. The molecule has 0 bridgehead atoms. The first kappa shape index (κ1) is 18.5. The molecule has 0 aliphatic heterocycles. The number of hydrogen-bond acceptors (Lipinski definition) is 2. The Bertz CT molecular complexity index is 1040. The van der Waals surface area contributed by atoms with Crippen LogP contribution in [0.1, 0.15) is 38.6 Å². The second kappa shape index (κ2) is 9.44. The molecule has 0 aliphatic carbocycles. The zero-order valence-corrected chi connectivity index (χ0v) is 15.5. The second-order valence-corrected chi connectivity index (χ2v) is 6.36. The first-order chi connectivity index (χ1) is 13.4. The Morgan fingerprint density at radius 3 is 2.30 bits per heavy atom. The maximum absolute atomic E-state index is 10.5. The summed E-state index contributed by atoms with van der Waals surface area (Å²) in [4.78, 5) is 14.2. The van der Waals surface area contributed by atoms with E-state index in [1.807, 2.05) is 12.1 Å². The number of carbonyl (C=O) groups excluding carboxylic acids is 1. The summed E-state index contributed by atoms with van der Waals surface area (Å²) in [7, 11) is 0. The summed E-state index contributed by atoms with van der Waals surface area (Å²) in [5.74, 6) is 12.4. The number of fused-ring (bicyclic) bond motifs is 3. The predicted molar refractivity (Wildman–Crippen MR) is 111 cm³/mol. The molecule has 1 atom stereocenters. The molecule has 1 heterocycles. The average molecular weight is 354 g/mol. The molecule has 1 aromatic heterocycles. The van der Waals surface area contributed by atoms with Crippen LogP contribution in [-0.2, 0) is 4.79 Å². The Labute approximate surface area is 160 Å². The van der Waals surface area contributed by atoms with Crippen LogP contribution in [0.25, 0.3) is 21.8 Å². The van der Waals surface area contributed by atoms with Crippen molar-refractivity contribution in [1.82, 2.24) is 4.57 Å². The smallest absolute Gasteiger partial charge is 0.234 e. The highest BCUT2D eigenvalue weighted by atomic mass is 16.1. The van der Waals surface area contributed by atoms with Gasteiger partial charge in [0.1, 0.15) is 0 Å². The van der Waals surface area contributed by atoms with Gasteiger partial charge in [0, 0.05) is 17.2 Å². The van der Waals surface area contributed by atoms with Crippen LogP contribution in [0.4, 0.5) is 0 Å². The standard InChI is InChI=1S/C24H22N2O/c1-2-3-4-5-6-7-12-20(17-18-25-19-27)26-23-15-10-8-13-21(23)22-14-9-11-16-24(22)26/h8-11,13-16,20H,2-4,17-18H2,1H3. The molecule has 27 heavy (non-hydrogen) atoms. The van der Waals surface area contributed by atoms with Crippen LogP contribution in [0, 0.1) is 23.7 Å². The lowest BCUT2D eigenvalue weighted by Crippen LogP contribution is -2.08. The number of rotatable bonds is 6. The molecular formula is C24H22N2O. The van der Waals surface area contributed by atoms with Crippen molar-refractivity contribution < 1.29 is 4.79 Å². The predicted octanol–water partition coefficient (Wildman–Crippen LogP) is 5.26. The number of para-hydroxylation sites is 2. The molecule has 0 saturated heterocycles. The lowest BCUT2D eigenvalue weighted by molar-refractivity contribution is 0.558. The van der Waals surface area contributed by atoms with Gasteiger partial charge in [0.2, 0.25) is 6.08 Å². The zero-order valence-electron chi connectivity index (χ0n) is 15.5. The zero-order chi connectivity index (χ0) is 18.9. The minimum atomic E-state index is -0.104. The molecule has 0 N–H and O–H groups in total. The van der Waals surface area contributed by atoms with Gasteiger partial charge >= 0.3 is 0 Å². The van der Waals surface area contributed by atoms with E-state index in [1.165, 1.54) is 10.8 Å². The Hall–Kier alpha value is -3.26. The molecule has 0 spiro atoms. The van der Waals surface area contributed by atoms with Crippen molar-refractivity contribution in [3.05, 3.63) is 48.5 Å². The van der Waals surface area contributed by atoms with E-state index < -0.39 is 0 Å². The van der Waals surface area contributed by atoms with Gasteiger partial charge in [-0.3, -0.25) is 0 Å². The van der Waals surface area contributed by atoms with Crippen LogP contribution >= 0.6 is 0 Å². The Morgan fingerprint density at radius 2 is 1.67 bits per heavy atom. The summed E-state index contributed by atoms with van der Waals surface area (Å²) in [6.45, 7) is 2.55. The lowest BCUT2D eigenvalue weighted by Gasteiger charge is -2.14. The highest BCUT2D eigenvalue weighted by Gasteiger charge is 2.16. The van der Waals surface area contributed by atoms with E-state index in [2.05, 4.69) is 76.6 Å². The maximum Gasteiger partial charge on any atom is 0.234 e. The fourth-order valence-electron chi connectivity index (χ4n) is 3.28. The van der Waals surface area contributed by atoms with Crippen molar-refractivity contribution >= 4 is 27.9 Å². The molecule has 2 aromatic carbocycles. The number of aliphatic imine (C=N–C) groups is 1. The normalized spacial score (nSPS) is 11.1. The molecular weight excluding hydrogens is 332 g/mol. The number of unbranched alkanes of at least 4 members (excludes halogenated alkanes) is 2. The molecule has 3 nitrogen and oxygen atoms in total. The molecule has 0 aliphatic rings. The summed E-state index contributed by atoms with van der Waals surface area (Å²) in [6, 6.07) is 16.6. The van der Waals surface area contributed by atoms with Gasteiger partial charge < -0.3 is 4.57 Å².